The summed E-state index contributed by atoms with van der Waals surface area (Å²) in [6.07, 6.45) is 0. The summed E-state index contributed by atoms with van der Waals surface area (Å²) < 4.78 is 11.2. The second-order valence-electron chi connectivity index (χ2n) is 6.00. The standard InChI is InChI=1S/C20H25NO3/c1-15(2)18-9-4-5-10-19(18)23-12-11-21-20(22)14-24-17-8-6-7-16(3)13-17/h4-10,13,15H,11-12,14H2,1-3H3,(H,21,22). The third-order valence-electron chi connectivity index (χ3n) is 3.58. The molecule has 0 saturated carbocycles. The van der Waals surface area contributed by atoms with Gasteiger partial charge in [-0.15, -0.1) is 0 Å². The molecule has 1 amide bonds. The Morgan fingerprint density at radius 1 is 1.08 bits per heavy atom. The zero-order valence-electron chi connectivity index (χ0n) is 14.5. The highest BCUT2D eigenvalue weighted by Crippen LogP contribution is 2.25. The molecule has 0 fully saturated rings. The molecule has 1 N–H and O–H groups in total. The molecule has 0 saturated heterocycles. The first-order chi connectivity index (χ1) is 11.6. The summed E-state index contributed by atoms with van der Waals surface area (Å²) >= 11 is 0. The minimum atomic E-state index is -0.155. The Bertz CT molecular complexity index is 667. The molecule has 128 valence electrons. The Morgan fingerprint density at radius 2 is 1.88 bits per heavy atom. The van der Waals surface area contributed by atoms with Crippen LogP contribution < -0.4 is 14.8 Å². The fourth-order valence-corrected chi connectivity index (χ4v) is 2.35. The molecule has 0 heterocycles. The van der Waals surface area contributed by atoms with Crippen molar-refractivity contribution in [2.45, 2.75) is 26.7 Å². The first-order valence-corrected chi connectivity index (χ1v) is 8.24. The minimum Gasteiger partial charge on any atom is -0.491 e. The van der Waals surface area contributed by atoms with Crippen molar-refractivity contribution in [3.05, 3.63) is 59.7 Å². The van der Waals surface area contributed by atoms with Crippen molar-refractivity contribution < 1.29 is 14.3 Å². The molecule has 0 spiro atoms. The molecule has 0 bridgehead atoms. The van der Waals surface area contributed by atoms with Gasteiger partial charge in [-0.05, 0) is 42.2 Å². The van der Waals surface area contributed by atoms with Crippen LogP contribution in [0, 0.1) is 6.92 Å². The Morgan fingerprint density at radius 3 is 2.62 bits per heavy atom. The summed E-state index contributed by atoms with van der Waals surface area (Å²) in [7, 11) is 0. The van der Waals surface area contributed by atoms with Gasteiger partial charge in [0.25, 0.3) is 5.91 Å². The summed E-state index contributed by atoms with van der Waals surface area (Å²) in [4.78, 5) is 11.8. The summed E-state index contributed by atoms with van der Waals surface area (Å²) in [5.41, 5.74) is 2.27. The minimum absolute atomic E-state index is 0.00599. The number of hydrogen-bond acceptors (Lipinski definition) is 3. The van der Waals surface area contributed by atoms with Crippen LogP contribution in [-0.4, -0.2) is 25.7 Å². The van der Waals surface area contributed by atoms with E-state index in [9.17, 15) is 4.79 Å². The first-order valence-electron chi connectivity index (χ1n) is 8.24. The number of benzene rings is 2. The van der Waals surface area contributed by atoms with E-state index in [1.54, 1.807) is 0 Å². The van der Waals surface area contributed by atoms with E-state index >= 15 is 0 Å². The number of amides is 1. The molecule has 0 radical (unpaired) electrons. The highest BCUT2D eigenvalue weighted by molar-refractivity contribution is 5.77. The number of nitrogens with one attached hydrogen (secondary N) is 1. The van der Waals surface area contributed by atoms with E-state index in [0.717, 1.165) is 11.3 Å². The van der Waals surface area contributed by atoms with E-state index in [1.165, 1.54) is 5.56 Å². The van der Waals surface area contributed by atoms with Gasteiger partial charge in [-0.2, -0.15) is 0 Å². The first kappa shape index (κ1) is 17.9. The molecule has 4 heteroatoms. The second-order valence-corrected chi connectivity index (χ2v) is 6.00. The van der Waals surface area contributed by atoms with Crippen LogP contribution in [-0.2, 0) is 4.79 Å². The van der Waals surface area contributed by atoms with Gasteiger partial charge in [0.1, 0.15) is 18.1 Å². The Kier molecular flexibility index (Phi) is 6.67. The maximum Gasteiger partial charge on any atom is 0.258 e. The van der Waals surface area contributed by atoms with Crippen molar-refractivity contribution in [1.82, 2.24) is 5.32 Å². The summed E-state index contributed by atoms with van der Waals surface area (Å²) in [6.45, 7) is 7.13. The lowest BCUT2D eigenvalue weighted by Gasteiger charge is -2.14. The second kappa shape index (κ2) is 8.96. The fraction of sp³-hybridized carbons (Fsp3) is 0.350. The van der Waals surface area contributed by atoms with Crippen LogP contribution in [0.5, 0.6) is 11.5 Å². The maximum absolute atomic E-state index is 11.8. The number of aryl methyl sites for hydroxylation is 1. The van der Waals surface area contributed by atoms with Crippen molar-refractivity contribution in [1.29, 1.82) is 0 Å². The van der Waals surface area contributed by atoms with E-state index in [1.807, 2.05) is 49.4 Å². The zero-order valence-corrected chi connectivity index (χ0v) is 14.5. The van der Waals surface area contributed by atoms with Gasteiger partial charge in [0, 0.05) is 0 Å². The van der Waals surface area contributed by atoms with Crippen LogP contribution in [0.3, 0.4) is 0 Å². The van der Waals surface area contributed by atoms with Crippen LogP contribution in [0.4, 0.5) is 0 Å². The molecule has 0 atom stereocenters. The molecule has 2 aromatic carbocycles. The molecule has 0 aliphatic heterocycles. The molecule has 0 aromatic heterocycles. The predicted molar refractivity (Wildman–Crippen MR) is 95.7 cm³/mol. The van der Waals surface area contributed by atoms with E-state index in [-0.39, 0.29) is 12.5 Å². The smallest absolute Gasteiger partial charge is 0.258 e. The van der Waals surface area contributed by atoms with Crippen LogP contribution in [0.1, 0.15) is 30.9 Å². The van der Waals surface area contributed by atoms with Crippen molar-refractivity contribution in [3.8, 4) is 11.5 Å². The number of rotatable bonds is 8. The molecule has 0 unspecified atom stereocenters. The van der Waals surface area contributed by atoms with Gasteiger partial charge in [0.2, 0.25) is 0 Å². The van der Waals surface area contributed by atoms with Crippen molar-refractivity contribution >= 4 is 5.91 Å². The van der Waals surface area contributed by atoms with Crippen LogP contribution >= 0.6 is 0 Å². The van der Waals surface area contributed by atoms with Gasteiger partial charge in [0.15, 0.2) is 6.61 Å². The van der Waals surface area contributed by atoms with Gasteiger partial charge in [-0.25, -0.2) is 0 Å². The van der Waals surface area contributed by atoms with Gasteiger partial charge in [-0.3, -0.25) is 4.79 Å². The molecule has 2 rings (SSSR count). The van der Waals surface area contributed by atoms with E-state index in [0.29, 0.717) is 24.8 Å². The Labute approximate surface area is 143 Å². The average Bonchev–Trinajstić information content (AvgIpc) is 2.57. The lowest BCUT2D eigenvalue weighted by Crippen LogP contribution is -2.32. The largest absolute Gasteiger partial charge is 0.491 e. The number of hydrogen-bond donors (Lipinski definition) is 1. The maximum atomic E-state index is 11.8. The Balaban J connectivity index is 1.70. The van der Waals surface area contributed by atoms with E-state index in [2.05, 4.69) is 25.2 Å². The third kappa shape index (κ3) is 5.61. The van der Waals surface area contributed by atoms with Crippen molar-refractivity contribution in [3.63, 3.8) is 0 Å². The monoisotopic (exact) mass is 327 g/mol. The summed E-state index contributed by atoms with van der Waals surface area (Å²) in [6, 6.07) is 15.6. The molecular weight excluding hydrogens is 302 g/mol. The molecular formula is C20H25NO3. The highest BCUT2D eigenvalue weighted by atomic mass is 16.5. The predicted octanol–water partition coefficient (Wildman–Crippen LogP) is 3.69. The highest BCUT2D eigenvalue weighted by Gasteiger charge is 2.07. The topological polar surface area (TPSA) is 47.6 Å². The van der Waals surface area contributed by atoms with Gasteiger partial charge >= 0.3 is 0 Å². The normalized spacial score (nSPS) is 10.5. The van der Waals surface area contributed by atoms with Gasteiger partial charge in [0.05, 0.1) is 6.54 Å². The average molecular weight is 327 g/mol. The lowest BCUT2D eigenvalue weighted by atomic mass is 10.0. The molecule has 24 heavy (non-hydrogen) atoms. The lowest BCUT2D eigenvalue weighted by molar-refractivity contribution is -0.123. The SMILES string of the molecule is Cc1cccc(OCC(=O)NCCOc2ccccc2C(C)C)c1. The number of carbonyl (C=O) groups is 1. The van der Waals surface area contributed by atoms with Crippen molar-refractivity contribution in [2.24, 2.45) is 0 Å². The van der Waals surface area contributed by atoms with Gasteiger partial charge in [-0.1, -0.05) is 44.2 Å². The number of para-hydroxylation sites is 1. The molecule has 4 nitrogen and oxygen atoms in total. The third-order valence-corrected chi connectivity index (χ3v) is 3.58. The summed E-state index contributed by atoms with van der Waals surface area (Å²) in [5, 5.41) is 2.80. The van der Waals surface area contributed by atoms with Crippen LogP contribution in [0.25, 0.3) is 0 Å². The fourth-order valence-electron chi connectivity index (χ4n) is 2.35. The van der Waals surface area contributed by atoms with Crippen molar-refractivity contribution in [2.75, 3.05) is 19.8 Å². The zero-order chi connectivity index (χ0) is 17.4. The van der Waals surface area contributed by atoms with E-state index in [4.69, 9.17) is 9.47 Å². The summed E-state index contributed by atoms with van der Waals surface area (Å²) in [5.74, 6) is 1.82. The number of carbonyl (C=O) groups excluding carboxylic acids is 1. The van der Waals surface area contributed by atoms with Crippen LogP contribution in [0.15, 0.2) is 48.5 Å². The Hall–Kier alpha value is -2.49. The molecule has 0 aliphatic carbocycles. The molecule has 0 aliphatic rings. The number of ether oxygens (including phenoxy) is 2. The van der Waals surface area contributed by atoms with E-state index < -0.39 is 0 Å². The van der Waals surface area contributed by atoms with Crippen LogP contribution in [0.2, 0.25) is 0 Å². The van der Waals surface area contributed by atoms with Gasteiger partial charge < -0.3 is 14.8 Å². The quantitative estimate of drug-likeness (QED) is 0.752. The molecule has 2 aromatic rings.